The Morgan fingerprint density at radius 1 is 1.00 bits per heavy atom. The molecule has 10 heteroatoms. The summed E-state index contributed by atoms with van der Waals surface area (Å²) in [7, 11) is 0. The molecule has 40 heavy (non-hydrogen) atoms. The highest BCUT2D eigenvalue weighted by atomic mass is 19.1. The predicted octanol–water partition coefficient (Wildman–Crippen LogP) is 4.98. The zero-order valence-electron chi connectivity index (χ0n) is 22.4. The fourth-order valence-corrected chi connectivity index (χ4v) is 7.29. The Bertz CT molecular complexity index is 1470. The molecule has 2 aromatic carbocycles. The Labute approximate surface area is 230 Å². The van der Waals surface area contributed by atoms with Crippen LogP contribution in [0.1, 0.15) is 56.6 Å². The zero-order valence-corrected chi connectivity index (χ0v) is 22.4. The summed E-state index contributed by atoms with van der Waals surface area (Å²) in [4.78, 5) is 35.2. The number of benzene rings is 2. The van der Waals surface area contributed by atoms with Gasteiger partial charge in [-0.1, -0.05) is 12.8 Å². The van der Waals surface area contributed by atoms with Gasteiger partial charge in [-0.25, -0.2) is 22.9 Å². The van der Waals surface area contributed by atoms with Gasteiger partial charge >= 0.3 is 6.03 Å². The van der Waals surface area contributed by atoms with Crippen LogP contribution in [-0.2, 0) is 6.54 Å². The molecule has 6 rings (SSSR count). The number of urea groups is 1. The lowest BCUT2D eigenvalue weighted by atomic mass is 9.69. The van der Waals surface area contributed by atoms with Crippen LogP contribution in [0.4, 0.5) is 18.0 Å². The second kappa shape index (κ2) is 10.5. The van der Waals surface area contributed by atoms with E-state index in [4.69, 9.17) is 5.73 Å². The second-order valence-electron chi connectivity index (χ2n) is 11.8. The van der Waals surface area contributed by atoms with E-state index in [0.29, 0.717) is 56.5 Å². The molecule has 3 aliphatic rings. The molecule has 1 saturated carbocycles. The van der Waals surface area contributed by atoms with E-state index < -0.39 is 23.5 Å². The van der Waals surface area contributed by atoms with Crippen molar-refractivity contribution < 1.29 is 18.0 Å². The molecular formula is C30H34F3N5O2. The number of hydrogen-bond donors (Lipinski definition) is 1. The topological polar surface area (TPSA) is 84.5 Å². The van der Waals surface area contributed by atoms with Crippen molar-refractivity contribution in [3.63, 3.8) is 0 Å². The van der Waals surface area contributed by atoms with E-state index in [1.165, 1.54) is 30.3 Å². The second-order valence-corrected chi connectivity index (χ2v) is 11.8. The summed E-state index contributed by atoms with van der Waals surface area (Å²) in [5.74, 6) is -1.66. The molecule has 0 radical (unpaired) electrons. The Balaban J connectivity index is 1.24. The molecule has 2 saturated heterocycles. The third-order valence-electron chi connectivity index (χ3n) is 9.35. The van der Waals surface area contributed by atoms with Gasteiger partial charge in [0.15, 0.2) is 0 Å². The molecule has 3 aromatic rings. The molecule has 2 amide bonds. The third-order valence-corrected chi connectivity index (χ3v) is 9.35. The van der Waals surface area contributed by atoms with Gasteiger partial charge in [0.25, 0.3) is 5.56 Å². The Morgan fingerprint density at radius 2 is 1.75 bits per heavy atom. The molecule has 7 nitrogen and oxygen atoms in total. The van der Waals surface area contributed by atoms with Gasteiger partial charge in [-0.2, -0.15) is 0 Å². The maximum atomic E-state index is 14.1. The third kappa shape index (κ3) is 4.98. The van der Waals surface area contributed by atoms with E-state index in [0.717, 1.165) is 31.7 Å². The summed E-state index contributed by atoms with van der Waals surface area (Å²) in [5, 5.41) is 0.263. The van der Waals surface area contributed by atoms with Gasteiger partial charge in [-0.05, 0) is 79.3 Å². The van der Waals surface area contributed by atoms with Crippen LogP contribution in [0.3, 0.4) is 0 Å². The first-order chi connectivity index (χ1) is 19.2. The van der Waals surface area contributed by atoms with Gasteiger partial charge in [0, 0.05) is 38.3 Å². The minimum Gasteiger partial charge on any atom is -0.328 e. The lowest BCUT2D eigenvalue weighted by molar-refractivity contribution is 0.0214. The number of piperidine rings is 2. The summed E-state index contributed by atoms with van der Waals surface area (Å²) in [5.41, 5.74) is 6.71. The molecule has 3 atom stereocenters. The lowest BCUT2D eigenvalue weighted by Crippen LogP contribution is -2.56. The number of hydrogen-bond acceptors (Lipinski definition) is 4. The molecular weight excluding hydrogens is 519 g/mol. The van der Waals surface area contributed by atoms with Crippen LogP contribution in [0.15, 0.2) is 47.5 Å². The van der Waals surface area contributed by atoms with Gasteiger partial charge in [0.05, 0.1) is 23.3 Å². The fourth-order valence-electron chi connectivity index (χ4n) is 7.29. The first-order valence-corrected chi connectivity index (χ1v) is 14.1. The number of aromatic nitrogens is 2. The highest BCUT2D eigenvalue weighted by Gasteiger charge is 2.47. The van der Waals surface area contributed by atoms with Crippen molar-refractivity contribution in [3.05, 3.63) is 76.1 Å². The van der Waals surface area contributed by atoms with Gasteiger partial charge < -0.3 is 15.5 Å². The zero-order chi connectivity index (χ0) is 28.0. The minimum atomic E-state index is -0.673. The van der Waals surface area contributed by atoms with Crippen molar-refractivity contribution in [2.75, 3.05) is 19.6 Å². The Hall–Kier alpha value is -3.40. The van der Waals surface area contributed by atoms with Gasteiger partial charge in [0.1, 0.15) is 17.5 Å². The van der Waals surface area contributed by atoms with Crippen LogP contribution in [0, 0.1) is 28.8 Å². The van der Waals surface area contributed by atoms with E-state index >= 15 is 0 Å². The number of rotatable bonds is 3. The van der Waals surface area contributed by atoms with Gasteiger partial charge in [-0.15, -0.1) is 0 Å². The number of nitrogens with two attached hydrogens (primary N) is 1. The van der Waals surface area contributed by atoms with Crippen molar-refractivity contribution in [2.24, 2.45) is 17.1 Å². The van der Waals surface area contributed by atoms with E-state index in [2.05, 4.69) is 4.98 Å². The van der Waals surface area contributed by atoms with Crippen molar-refractivity contribution in [3.8, 4) is 0 Å². The van der Waals surface area contributed by atoms with Crippen LogP contribution >= 0.6 is 0 Å². The van der Waals surface area contributed by atoms with E-state index in [1.807, 2.05) is 4.90 Å². The SMILES string of the molecule is N[C@@H]1CCN(C(=O)N2CC[C@@H](Cn3cnc4ccc(F)cc4c3=O)C3(CCCC3)C2)[C@H](c2cc(F)cc(F)c2)C1. The molecule has 3 heterocycles. The molecule has 2 aliphatic heterocycles. The van der Waals surface area contributed by atoms with Crippen molar-refractivity contribution in [1.82, 2.24) is 19.4 Å². The van der Waals surface area contributed by atoms with E-state index in [9.17, 15) is 22.8 Å². The van der Waals surface area contributed by atoms with Gasteiger partial charge in [-0.3, -0.25) is 9.36 Å². The van der Waals surface area contributed by atoms with Crippen molar-refractivity contribution in [1.29, 1.82) is 0 Å². The minimum absolute atomic E-state index is 0.133. The van der Waals surface area contributed by atoms with Crippen LogP contribution in [-0.4, -0.2) is 51.1 Å². The smallest absolute Gasteiger partial charge is 0.320 e. The molecule has 1 spiro atoms. The Morgan fingerprint density at radius 3 is 2.50 bits per heavy atom. The van der Waals surface area contributed by atoms with Crippen molar-refractivity contribution in [2.45, 2.75) is 63.6 Å². The van der Waals surface area contributed by atoms with Crippen molar-refractivity contribution >= 4 is 16.9 Å². The van der Waals surface area contributed by atoms with Gasteiger partial charge in [0.2, 0.25) is 0 Å². The molecule has 0 unspecified atom stereocenters. The lowest BCUT2D eigenvalue weighted by Gasteiger charge is -2.49. The van der Waals surface area contributed by atoms with Crippen LogP contribution in [0.5, 0.6) is 0 Å². The number of fused-ring (bicyclic) bond motifs is 1. The van der Waals surface area contributed by atoms with Crippen LogP contribution < -0.4 is 11.3 Å². The number of nitrogens with zero attached hydrogens (tertiary/aromatic N) is 4. The standard InChI is InChI=1S/C30H34F3N5O2/c31-21-3-4-26-25(14-21)28(39)37(18-35-26)16-20-5-9-36(17-30(20)7-1-2-8-30)29(40)38-10-6-24(34)15-27(38)19-11-22(32)13-23(33)12-19/h3-4,11-14,18,20,24,27H,1-2,5-10,15-17,34H2/t20-,24+,27-/m0/s1. The number of carbonyl (C=O) groups excluding carboxylic acids is 1. The normalized spacial score (nSPS) is 24.6. The molecule has 0 bridgehead atoms. The highest BCUT2D eigenvalue weighted by molar-refractivity contribution is 5.77. The molecule has 3 fully saturated rings. The quantitative estimate of drug-likeness (QED) is 0.496. The van der Waals surface area contributed by atoms with E-state index in [-0.39, 0.29) is 34.4 Å². The molecule has 2 N–H and O–H groups in total. The largest absolute Gasteiger partial charge is 0.328 e. The first kappa shape index (κ1) is 26.8. The number of halogens is 3. The summed E-state index contributed by atoms with van der Waals surface area (Å²) < 4.78 is 43.6. The monoisotopic (exact) mass is 553 g/mol. The molecule has 1 aliphatic carbocycles. The summed E-state index contributed by atoms with van der Waals surface area (Å²) in [6, 6.07) is 6.67. The average Bonchev–Trinajstić information content (AvgIpc) is 3.39. The maximum Gasteiger partial charge on any atom is 0.320 e. The summed E-state index contributed by atoms with van der Waals surface area (Å²) in [6.45, 7) is 1.96. The van der Waals surface area contributed by atoms with Crippen LogP contribution in [0.2, 0.25) is 0 Å². The highest BCUT2D eigenvalue weighted by Crippen LogP contribution is 2.49. The molecule has 212 valence electrons. The van der Waals surface area contributed by atoms with E-state index in [1.54, 1.807) is 15.8 Å². The number of likely N-dealkylation sites (tertiary alicyclic amines) is 2. The summed E-state index contributed by atoms with van der Waals surface area (Å²) >= 11 is 0. The fraction of sp³-hybridized carbons (Fsp3) is 0.500. The summed E-state index contributed by atoms with van der Waals surface area (Å²) in [6.07, 6.45) is 7.34. The average molecular weight is 554 g/mol. The Kier molecular flexibility index (Phi) is 7.06. The maximum absolute atomic E-state index is 14.1. The predicted molar refractivity (Wildman–Crippen MR) is 145 cm³/mol. The molecule has 1 aromatic heterocycles. The number of amides is 2. The number of carbonyl (C=O) groups is 1. The first-order valence-electron chi connectivity index (χ1n) is 14.1. The van der Waals surface area contributed by atoms with Crippen LogP contribution in [0.25, 0.3) is 10.9 Å².